The molecule has 7 rings (SSSR count). The van der Waals surface area contributed by atoms with Gasteiger partial charge in [0.1, 0.15) is 11.5 Å². The van der Waals surface area contributed by atoms with E-state index in [1.54, 1.807) is 0 Å². The summed E-state index contributed by atoms with van der Waals surface area (Å²) in [7, 11) is 2.14. The molecule has 4 heterocycles. The number of rotatable bonds is 7. The Morgan fingerprint density at radius 3 is 2.50 bits per heavy atom. The highest BCUT2D eigenvalue weighted by Gasteiger charge is 2.44. The lowest BCUT2D eigenvalue weighted by Gasteiger charge is -2.38. The molecule has 3 fully saturated rings. The van der Waals surface area contributed by atoms with E-state index in [1.807, 2.05) is 30.3 Å². The number of urea groups is 1. The van der Waals surface area contributed by atoms with Crippen LogP contribution in [0.15, 0.2) is 53.1 Å². The Hall–Kier alpha value is -2.84. The van der Waals surface area contributed by atoms with Crippen LogP contribution < -0.4 is 5.32 Å². The molecule has 1 aromatic heterocycles. The van der Waals surface area contributed by atoms with Gasteiger partial charge in [-0.2, -0.15) is 0 Å². The summed E-state index contributed by atoms with van der Waals surface area (Å²) >= 11 is 13.1. The number of fused-ring (bicyclic) bond motifs is 2. The maximum atomic E-state index is 13.5. The summed E-state index contributed by atoms with van der Waals surface area (Å²) in [4.78, 5) is 17.9. The van der Waals surface area contributed by atoms with Gasteiger partial charge in [0.25, 0.3) is 0 Å². The lowest BCUT2D eigenvalue weighted by molar-refractivity contribution is -0.0158. The quantitative estimate of drug-likeness (QED) is 0.295. The predicted octanol–water partition coefficient (Wildman–Crippen LogP) is 7.99. The molecular formula is C33H36Cl2N4O3. The number of benzene rings is 2. The fourth-order valence-electron chi connectivity index (χ4n) is 6.86. The predicted molar refractivity (Wildman–Crippen MR) is 166 cm³/mol. The van der Waals surface area contributed by atoms with Crippen LogP contribution in [0.2, 0.25) is 10.0 Å². The van der Waals surface area contributed by atoms with Crippen LogP contribution in [0.3, 0.4) is 0 Å². The first-order valence-electron chi connectivity index (χ1n) is 15.1. The van der Waals surface area contributed by atoms with Crippen LogP contribution in [0.4, 0.5) is 10.5 Å². The molecule has 4 aliphatic rings. The first-order valence-corrected chi connectivity index (χ1v) is 15.8. The minimum atomic E-state index is -0.0128. The van der Waals surface area contributed by atoms with Crippen LogP contribution >= 0.6 is 23.2 Å². The maximum absolute atomic E-state index is 13.5. The number of aromatic nitrogens is 1. The van der Waals surface area contributed by atoms with Gasteiger partial charge in [0.05, 0.1) is 22.8 Å². The molecule has 3 aliphatic heterocycles. The number of piperidine rings is 1. The second-order valence-corrected chi connectivity index (χ2v) is 13.0. The van der Waals surface area contributed by atoms with Gasteiger partial charge in [-0.3, -0.25) is 0 Å². The van der Waals surface area contributed by atoms with Gasteiger partial charge in [0.2, 0.25) is 0 Å². The normalized spacial score (nSPS) is 24.1. The van der Waals surface area contributed by atoms with Gasteiger partial charge >= 0.3 is 6.03 Å². The average molecular weight is 608 g/mol. The van der Waals surface area contributed by atoms with Crippen LogP contribution in [0.25, 0.3) is 16.8 Å². The molecule has 3 aromatic rings. The molecule has 220 valence electrons. The molecule has 42 heavy (non-hydrogen) atoms. The SMILES string of the molecule is CN1CC=C(c2cccc(NC(=O)N3C4CC[C@H]3CC(OCc3c(-c5c(Cl)cccc5Cl)noc3C3CC3)C4)c2)CC1. The highest BCUT2D eigenvalue weighted by atomic mass is 35.5. The van der Waals surface area contributed by atoms with E-state index in [-0.39, 0.29) is 24.2 Å². The number of nitrogens with one attached hydrogen (secondary N) is 1. The minimum absolute atomic E-state index is 0.0128. The standard InChI is InChI=1S/C33H36Cl2N4O3/c1-38-14-12-20(13-15-38)22-4-2-5-23(16-22)36-33(40)39-24-10-11-25(39)18-26(17-24)41-19-27-31(37-42-32(27)21-8-9-21)30-28(34)6-3-7-29(30)35/h2-7,12,16,21,24-26H,8-11,13-15,17-19H2,1H3,(H,36,40)/t24-,25?,26?/m0/s1. The molecule has 7 nitrogen and oxygen atoms in total. The van der Waals surface area contributed by atoms with Crippen molar-refractivity contribution in [1.82, 2.24) is 15.0 Å². The van der Waals surface area contributed by atoms with Gasteiger partial charge in [-0.1, -0.05) is 52.6 Å². The molecular weight excluding hydrogens is 571 g/mol. The summed E-state index contributed by atoms with van der Waals surface area (Å²) in [6.45, 7) is 2.40. The molecule has 1 saturated carbocycles. The van der Waals surface area contributed by atoms with Crippen LogP contribution in [0, 0.1) is 0 Å². The number of hydrogen-bond acceptors (Lipinski definition) is 5. The summed E-state index contributed by atoms with van der Waals surface area (Å²) in [5, 5.41) is 8.69. The summed E-state index contributed by atoms with van der Waals surface area (Å²) < 4.78 is 12.4. The van der Waals surface area contributed by atoms with Gasteiger partial charge in [-0.15, -0.1) is 0 Å². The van der Waals surface area contributed by atoms with Crippen molar-refractivity contribution in [3.63, 3.8) is 0 Å². The zero-order valence-corrected chi connectivity index (χ0v) is 25.3. The second kappa shape index (κ2) is 11.7. The van der Waals surface area contributed by atoms with E-state index < -0.39 is 0 Å². The van der Waals surface area contributed by atoms with Crippen molar-refractivity contribution in [2.75, 3.05) is 25.5 Å². The number of hydrogen-bond donors (Lipinski definition) is 1. The Kier molecular flexibility index (Phi) is 7.78. The van der Waals surface area contributed by atoms with Gasteiger partial charge in [0, 0.05) is 47.9 Å². The molecule has 0 spiro atoms. The zero-order chi connectivity index (χ0) is 28.8. The largest absolute Gasteiger partial charge is 0.373 e. The smallest absolute Gasteiger partial charge is 0.322 e. The van der Waals surface area contributed by atoms with Crippen molar-refractivity contribution >= 4 is 40.5 Å². The fourth-order valence-corrected chi connectivity index (χ4v) is 7.44. The van der Waals surface area contributed by atoms with Crippen molar-refractivity contribution < 1.29 is 14.1 Å². The Morgan fingerprint density at radius 2 is 1.81 bits per heavy atom. The van der Waals surface area contributed by atoms with E-state index >= 15 is 0 Å². The lowest BCUT2D eigenvalue weighted by atomic mass is 9.99. The molecule has 1 aliphatic carbocycles. The number of carbonyl (C=O) groups excluding carboxylic acids is 1. The summed E-state index contributed by atoms with van der Waals surface area (Å²) in [6, 6.07) is 14.0. The Labute approximate surface area is 256 Å². The summed E-state index contributed by atoms with van der Waals surface area (Å²) in [5.41, 5.74) is 5.69. The highest BCUT2D eigenvalue weighted by Crippen LogP contribution is 2.46. The molecule has 1 N–H and O–H groups in total. The number of halogens is 2. The number of anilines is 1. The van der Waals surface area contributed by atoms with Crippen LogP contribution in [-0.2, 0) is 11.3 Å². The van der Waals surface area contributed by atoms with Gasteiger partial charge in [0.15, 0.2) is 0 Å². The third-order valence-electron chi connectivity index (χ3n) is 9.25. The molecule has 2 unspecified atom stereocenters. The van der Waals surface area contributed by atoms with Crippen molar-refractivity contribution in [2.24, 2.45) is 0 Å². The molecule has 9 heteroatoms. The third-order valence-corrected chi connectivity index (χ3v) is 9.88. The van der Waals surface area contributed by atoms with E-state index in [2.05, 4.69) is 45.5 Å². The summed E-state index contributed by atoms with van der Waals surface area (Å²) in [6.07, 6.45) is 9.18. The molecule has 3 atom stereocenters. The molecule has 2 aromatic carbocycles. The second-order valence-electron chi connectivity index (χ2n) is 12.2. The Bertz CT molecular complexity index is 1480. The topological polar surface area (TPSA) is 70.8 Å². The van der Waals surface area contributed by atoms with Crippen molar-refractivity contribution in [3.05, 3.63) is 75.5 Å². The fraction of sp³-hybridized carbons (Fsp3) is 0.455. The zero-order valence-electron chi connectivity index (χ0n) is 23.8. The maximum Gasteiger partial charge on any atom is 0.322 e. The first kappa shape index (κ1) is 28.0. The number of nitrogens with zero attached hydrogens (tertiary/aromatic N) is 3. The van der Waals surface area contributed by atoms with E-state index in [9.17, 15) is 4.79 Å². The summed E-state index contributed by atoms with van der Waals surface area (Å²) in [5.74, 6) is 1.26. The van der Waals surface area contributed by atoms with E-state index in [0.29, 0.717) is 33.8 Å². The Morgan fingerprint density at radius 1 is 1.07 bits per heavy atom. The highest BCUT2D eigenvalue weighted by molar-refractivity contribution is 6.39. The van der Waals surface area contributed by atoms with Gasteiger partial charge in [-0.25, -0.2) is 4.79 Å². The van der Waals surface area contributed by atoms with Crippen molar-refractivity contribution in [1.29, 1.82) is 0 Å². The third kappa shape index (κ3) is 5.60. The van der Waals surface area contributed by atoms with E-state index in [0.717, 1.165) is 75.0 Å². The van der Waals surface area contributed by atoms with Gasteiger partial charge in [-0.05, 0) is 87.4 Å². The average Bonchev–Trinajstić information content (AvgIpc) is 3.68. The number of amides is 2. The lowest BCUT2D eigenvalue weighted by Crippen LogP contribution is -2.50. The van der Waals surface area contributed by atoms with Crippen LogP contribution in [0.1, 0.15) is 67.8 Å². The Balaban J connectivity index is 1.02. The number of ether oxygens (including phenoxy) is 1. The monoisotopic (exact) mass is 606 g/mol. The van der Waals surface area contributed by atoms with Crippen molar-refractivity contribution in [3.8, 4) is 11.3 Å². The molecule has 2 saturated heterocycles. The van der Waals surface area contributed by atoms with E-state index in [1.165, 1.54) is 11.1 Å². The van der Waals surface area contributed by atoms with E-state index in [4.69, 9.17) is 32.5 Å². The molecule has 0 radical (unpaired) electrons. The van der Waals surface area contributed by atoms with Crippen LogP contribution in [0.5, 0.6) is 0 Å². The van der Waals surface area contributed by atoms with Crippen LogP contribution in [-0.4, -0.2) is 59.3 Å². The number of carbonyl (C=O) groups is 1. The number of likely N-dealkylation sites (N-methyl/N-ethyl adjacent to an activating group) is 1. The molecule has 2 bridgehead atoms. The molecule has 2 amide bonds. The van der Waals surface area contributed by atoms with Crippen molar-refractivity contribution in [2.45, 2.75) is 75.7 Å². The first-order chi connectivity index (χ1) is 20.4. The minimum Gasteiger partial charge on any atom is -0.373 e. The van der Waals surface area contributed by atoms with Gasteiger partial charge < -0.3 is 24.4 Å².